The Balaban J connectivity index is 1.82. The van der Waals surface area contributed by atoms with Crippen molar-refractivity contribution >= 4 is 17.5 Å². The molecule has 1 aromatic carbocycles. The van der Waals surface area contributed by atoms with E-state index in [-0.39, 0.29) is 5.91 Å². The molecular weight excluding hydrogens is 344 g/mol. The van der Waals surface area contributed by atoms with Gasteiger partial charge in [0.05, 0.1) is 19.9 Å². The van der Waals surface area contributed by atoms with E-state index >= 15 is 0 Å². The first-order valence-corrected chi connectivity index (χ1v) is 9.24. The number of aromatic nitrogens is 2. The van der Waals surface area contributed by atoms with E-state index in [1.807, 2.05) is 6.92 Å². The summed E-state index contributed by atoms with van der Waals surface area (Å²) in [6.45, 7) is 3.74. The number of hydrogen-bond donors (Lipinski definition) is 1. The highest BCUT2D eigenvalue weighted by Crippen LogP contribution is 2.29. The molecule has 0 radical (unpaired) electrons. The van der Waals surface area contributed by atoms with Crippen LogP contribution >= 0.6 is 0 Å². The maximum absolute atomic E-state index is 12.8. The molecule has 1 aliphatic rings. The van der Waals surface area contributed by atoms with Crippen molar-refractivity contribution in [3.05, 3.63) is 35.7 Å². The van der Waals surface area contributed by atoms with E-state index in [0.717, 1.165) is 31.6 Å². The van der Waals surface area contributed by atoms with Crippen molar-refractivity contribution in [3.8, 4) is 11.5 Å². The average Bonchev–Trinajstić information content (AvgIpc) is 2.97. The lowest BCUT2D eigenvalue weighted by Crippen LogP contribution is -2.27. The Bertz CT molecular complexity index is 802. The van der Waals surface area contributed by atoms with Gasteiger partial charge in [-0.2, -0.15) is 0 Å². The highest BCUT2D eigenvalue weighted by molar-refractivity contribution is 6.04. The molecule has 0 unspecified atom stereocenters. The quantitative estimate of drug-likeness (QED) is 0.869. The minimum Gasteiger partial charge on any atom is -0.497 e. The van der Waals surface area contributed by atoms with E-state index in [0.29, 0.717) is 28.8 Å². The summed E-state index contributed by atoms with van der Waals surface area (Å²) in [7, 11) is 3.14. The second kappa shape index (κ2) is 8.70. The van der Waals surface area contributed by atoms with Gasteiger partial charge in [0, 0.05) is 24.8 Å². The number of ether oxygens (including phenoxy) is 2. The van der Waals surface area contributed by atoms with Crippen LogP contribution in [0.4, 0.5) is 11.6 Å². The molecule has 1 saturated heterocycles. The number of hydrogen-bond acceptors (Lipinski definition) is 6. The molecule has 1 N–H and O–H groups in total. The molecular formula is C20H26N4O3. The van der Waals surface area contributed by atoms with E-state index in [2.05, 4.69) is 20.2 Å². The second-order valence-corrected chi connectivity index (χ2v) is 6.62. The van der Waals surface area contributed by atoms with Crippen LogP contribution < -0.4 is 19.7 Å². The summed E-state index contributed by atoms with van der Waals surface area (Å²) in [6.07, 6.45) is 4.71. The summed E-state index contributed by atoms with van der Waals surface area (Å²) in [4.78, 5) is 24.0. The summed E-state index contributed by atoms with van der Waals surface area (Å²) < 4.78 is 10.5. The van der Waals surface area contributed by atoms with E-state index in [1.54, 1.807) is 38.5 Å². The number of carbonyl (C=O) groups is 1. The molecule has 2 heterocycles. The molecule has 0 atom stereocenters. The van der Waals surface area contributed by atoms with Gasteiger partial charge in [-0.3, -0.25) is 4.79 Å². The number of nitrogens with one attached hydrogen (secondary N) is 1. The largest absolute Gasteiger partial charge is 0.497 e. The standard InChI is InChI=1S/C20H26N4O3/c1-14-12-17(23-20(21-14)24-10-6-4-5-7-11-24)19(25)22-16-9-8-15(26-2)13-18(16)27-3/h8-9,12-13H,4-7,10-11H2,1-3H3,(H,22,25). The molecule has 2 aromatic rings. The zero-order chi connectivity index (χ0) is 19.2. The molecule has 0 bridgehead atoms. The highest BCUT2D eigenvalue weighted by Gasteiger charge is 2.17. The number of methoxy groups -OCH3 is 2. The maximum atomic E-state index is 12.8. The van der Waals surface area contributed by atoms with Crippen molar-refractivity contribution < 1.29 is 14.3 Å². The van der Waals surface area contributed by atoms with Gasteiger partial charge in [-0.1, -0.05) is 12.8 Å². The highest BCUT2D eigenvalue weighted by atomic mass is 16.5. The van der Waals surface area contributed by atoms with Crippen LogP contribution in [0, 0.1) is 6.92 Å². The van der Waals surface area contributed by atoms with Gasteiger partial charge in [-0.05, 0) is 38.0 Å². The molecule has 1 fully saturated rings. The van der Waals surface area contributed by atoms with E-state index in [4.69, 9.17) is 9.47 Å². The fraction of sp³-hybridized carbons (Fsp3) is 0.450. The fourth-order valence-electron chi connectivity index (χ4n) is 3.17. The van der Waals surface area contributed by atoms with Gasteiger partial charge in [-0.25, -0.2) is 9.97 Å². The predicted molar refractivity (Wildman–Crippen MR) is 105 cm³/mol. The SMILES string of the molecule is COc1ccc(NC(=O)c2cc(C)nc(N3CCCCCC3)n2)c(OC)c1. The summed E-state index contributed by atoms with van der Waals surface area (Å²) in [5, 5.41) is 2.87. The molecule has 1 amide bonds. The maximum Gasteiger partial charge on any atom is 0.274 e. The third-order valence-corrected chi connectivity index (χ3v) is 4.62. The van der Waals surface area contributed by atoms with Crippen molar-refractivity contribution in [2.24, 2.45) is 0 Å². The Labute approximate surface area is 159 Å². The molecule has 27 heavy (non-hydrogen) atoms. The molecule has 0 saturated carbocycles. The zero-order valence-corrected chi connectivity index (χ0v) is 16.1. The van der Waals surface area contributed by atoms with Crippen molar-refractivity contribution in [3.63, 3.8) is 0 Å². The number of rotatable bonds is 5. The zero-order valence-electron chi connectivity index (χ0n) is 16.1. The van der Waals surface area contributed by atoms with Gasteiger partial charge in [-0.15, -0.1) is 0 Å². The number of aryl methyl sites for hydroxylation is 1. The smallest absolute Gasteiger partial charge is 0.274 e. The van der Waals surface area contributed by atoms with Crippen molar-refractivity contribution in [2.75, 3.05) is 37.5 Å². The Morgan fingerprint density at radius 3 is 2.44 bits per heavy atom. The lowest BCUT2D eigenvalue weighted by molar-refractivity contribution is 0.102. The lowest BCUT2D eigenvalue weighted by atomic mass is 10.2. The first-order chi connectivity index (χ1) is 13.1. The van der Waals surface area contributed by atoms with E-state index in [1.165, 1.54) is 12.8 Å². The minimum absolute atomic E-state index is 0.292. The van der Waals surface area contributed by atoms with Gasteiger partial charge in [0.1, 0.15) is 17.2 Å². The third kappa shape index (κ3) is 4.67. The monoisotopic (exact) mass is 370 g/mol. The summed E-state index contributed by atoms with van der Waals surface area (Å²) in [5.74, 6) is 1.52. The molecule has 3 rings (SSSR count). The molecule has 7 heteroatoms. The van der Waals surface area contributed by atoms with Gasteiger partial charge in [0.15, 0.2) is 0 Å². The fourth-order valence-corrected chi connectivity index (χ4v) is 3.17. The van der Waals surface area contributed by atoms with E-state index in [9.17, 15) is 4.79 Å². The Morgan fingerprint density at radius 1 is 1.04 bits per heavy atom. The molecule has 7 nitrogen and oxygen atoms in total. The molecule has 1 aliphatic heterocycles. The minimum atomic E-state index is -0.292. The number of anilines is 2. The topological polar surface area (TPSA) is 76.6 Å². The van der Waals surface area contributed by atoms with Gasteiger partial charge in [0.2, 0.25) is 5.95 Å². The number of nitrogens with zero attached hydrogens (tertiary/aromatic N) is 3. The molecule has 144 valence electrons. The Morgan fingerprint density at radius 2 is 1.78 bits per heavy atom. The Hall–Kier alpha value is -2.83. The van der Waals surface area contributed by atoms with Crippen LogP contribution in [0.5, 0.6) is 11.5 Å². The average molecular weight is 370 g/mol. The second-order valence-electron chi connectivity index (χ2n) is 6.62. The molecule has 0 aliphatic carbocycles. The number of amides is 1. The summed E-state index contributed by atoms with van der Waals surface area (Å²) in [5.41, 5.74) is 1.69. The van der Waals surface area contributed by atoms with Crippen molar-refractivity contribution in [1.29, 1.82) is 0 Å². The number of benzene rings is 1. The van der Waals surface area contributed by atoms with Crippen LogP contribution in [-0.4, -0.2) is 43.2 Å². The first kappa shape index (κ1) is 18.9. The van der Waals surface area contributed by atoms with Gasteiger partial charge in [0.25, 0.3) is 5.91 Å². The van der Waals surface area contributed by atoms with Gasteiger partial charge < -0.3 is 19.7 Å². The van der Waals surface area contributed by atoms with Crippen LogP contribution in [0.15, 0.2) is 24.3 Å². The summed E-state index contributed by atoms with van der Waals surface area (Å²) in [6, 6.07) is 6.95. The molecule has 0 spiro atoms. The van der Waals surface area contributed by atoms with Crippen LogP contribution in [-0.2, 0) is 0 Å². The lowest BCUT2D eigenvalue weighted by Gasteiger charge is -2.21. The van der Waals surface area contributed by atoms with Crippen LogP contribution in [0.25, 0.3) is 0 Å². The van der Waals surface area contributed by atoms with Crippen molar-refractivity contribution in [1.82, 2.24) is 9.97 Å². The third-order valence-electron chi connectivity index (χ3n) is 4.62. The van der Waals surface area contributed by atoms with Crippen LogP contribution in [0.2, 0.25) is 0 Å². The van der Waals surface area contributed by atoms with E-state index < -0.39 is 0 Å². The normalized spacial score (nSPS) is 14.4. The predicted octanol–water partition coefficient (Wildman–Crippen LogP) is 3.43. The van der Waals surface area contributed by atoms with Crippen LogP contribution in [0.3, 0.4) is 0 Å². The van der Waals surface area contributed by atoms with Crippen molar-refractivity contribution in [2.45, 2.75) is 32.6 Å². The number of carbonyl (C=O) groups excluding carboxylic acids is 1. The Kier molecular flexibility index (Phi) is 6.11. The van der Waals surface area contributed by atoms with Gasteiger partial charge >= 0.3 is 0 Å². The molecule has 1 aromatic heterocycles. The first-order valence-electron chi connectivity index (χ1n) is 9.24. The summed E-state index contributed by atoms with van der Waals surface area (Å²) >= 11 is 0. The van der Waals surface area contributed by atoms with Crippen LogP contribution in [0.1, 0.15) is 41.9 Å².